The fourth-order valence-corrected chi connectivity index (χ4v) is 2.63. The summed E-state index contributed by atoms with van der Waals surface area (Å²) in [6.45, 7) is 4.95. The molecule has 6 nitrogen and oxygen atoms in total. The molecular weight excluding hydrogens is 280 g/mol. The first-order valence-electron chi connectivity index (χ1n) is 6.91. The first kappa shape index (κ1) is 15.5. The molecule has 1 aliphatic rings. The van der Waals surface area contributed by atoms with Crippen LogP contribution in [-0.2, 0) is 21.3 Å². The zero-order chi connectivity index (χ0) is 14.6. The predicted molar refractivity (Wildman–Crippen MR) is 74.8 cm³/mol. The number of hydrogen-bond donors (Lipinski definition) is 2. The smallest absolute Gasteiger partial charge is 0.274 e. The average molecular weight is 302 g/mol. The first-order chi connectivity index (χ1) is 9.47. The summed E-state index contributed by atoms with van der Waals surface area (Å²) in [6.07, 6.45) is 2.45. The van der Waals surface area contributed by atoms with Crippen molar-refractivity contribution in [3.05, 3.63) is 17.9 Å². The Morgan fingerprint density at radius 3 is 2.80 bits per heavy atom. The van der Waals surface area contributed by atoms with Crippen molar-refractivity contribution in [2.45, 2.75) is 50.5 Å². The fraction of sp³-hybridized carbons (Fsp3) is 0.692. The molecule has 0 aromatic carbocycles. The van der Waals surface area contributed by atoms with Gasteiger partial charge in [0.05, 0.1) is 19.3 Å². The Balaban J connectivity index is 1.81. The fourth-order valence-electron chi connectivity index (χ4n) is 1.67. The maximum Gasteiger partial charge on any atom is 0.274 e. The molecule has 114 valence electrons. The van der Waals surface area contributed by atoms with E-state index in [9.17, 15) is 8.42 Å². The normalized spacial score (nSPS) is 15.9. The van der Waals surface area contributed by atoms with Crippen molar-refractivity contribution in [1.29, 1.82) is 0 Å². The molecule has 2 N–H and O–H groups in total. The van der Waals surface area contributed by atoms with E-state index in [1.54, 1.807) is 6.07 Å². The van der Waals surface area contributed by atoms with Gasteiger partial charge in [0.25, 0.3) is 10.0 Å². The number of hydrogen-bond acceptors (Lipinski definition) is 5. The van der Waals surface area contributed by atoms with E-state index in [0.29, 0.717) is 25.0 Å². The summed E-state index contributed by atoms with van der Waals surface area (Å²) in [5.74, 6) is 0.635. The highest BCUT2D eigenvalue weighted by Crippen LogP contribution is 2.20. The lowest BCUT2D eigenvalue weighted by Gasteiger charge is -2.08. The maximum atomic E-state index is 12.0. The summed E-state index contributed by atoms with van der Waals surface area (Å²) in [5.41, 5.74) is 0. The van der Waals surface area contributed by atoms with Crippen LogP contribution in [0.5, 0.6) is 0 Å². The van der Waals surface area contributed by atoms with E-state index >= 15 is 0 Å². The van der Waals surface area contributed by atoms with Crippen molar-refractivity contribution >= 4 is 10.0 Å². The van der Waals surface area contributed by atoms with Gasteiger partial charge in [-0.25, -0.2) is 13.1 Å². The molecule has 0 saturated heterocycles. The van der Waals surface area contributed by atoms with Gasteiger partial charge in [0, 0.05) is 12.6 Å². The number of ether oxygens (including phenoxy) is 1. The summed E-state index contributed by atoms with van der Waals surface area (Å²) in [4.78, 5) is 0. The van der Waals surface area contributed by atoms with Crippen molar-refractivity contribution in [3.63, 3.8) is 0 Å². The largest absolute Gasteiger partial charge is 0.447 e. The summed E-state index contributed by atoms with van der Waals surface area (Å²) >= 11 is 0. The highest BCUT2D eigenvalue weighted by molar-refractivity contribution is 7.89. The van der Waals surface area contributed by atoms with Gasteiger partial charge in [-0.3, -0.25) is 0 Å². The van der Waals surface area contributed by atoms with Crippen molar-refractivity contribution < 1.29 is 17.6 Å². The minimum absolute atomic E-state index is 0.0466. The molecule has 0 atom stereocenters. The number of rotatable bonds is 9. The molecule has 1 aliphatic carbocycles. The minimum atomic E-state index is -3.58. The molecule has 0 unspecified atom stereocenters. The third kappa shape index (κ3) is 4.90. The van der Waals surface area contributed by atoms with Crippen molar-refractivity contribution in [2.24, 2.45) is 0 Å². The van der Waals surface area contributed by atoms with Crippen LogP contribution in [0.15, 0.2) is 21.6 Å². The molecule has 0 radical (unpaired) electrons. The van der Waals surface area contributed by atoms with Gasteiger partial charge in [-0.15, -0.1) is 0 Å². The van der Waals surface area contributed by atoms with Crippen molar-refractivity contribution in [3.8, 4) is 0 Å². The predicted octanol–water partition coefficient (Wildman–Crippen LogP) is 1.23. The van der Waals surface area contributed by atoms with E-state index in [0.717, 1.165) is 0 Å². The van der Waals surface area contributed by atoms with Gasteiger partial charge in [0.15, 0.2) is 0 Å². The highest BCUT2D eigenvalue weighted by atomic mass is 32.2. The van der Waals surface area contributed by atoms with Gasteiger partial charge in [0.2, 0.25) is 5.09 Å². The van der Waals surface area contributed by atoms with Crippen LogP contribution < -0.4 is 10.0 Å². The topological polar surface area (TPSA) is 80.6 Å². The van der Waals surface area contributed by atoms with Crippen LogP contribution in [0.25, 0.3) is 0 Å². The number of nitrogens with one attached hydrogen (secondary N) is 2. The summed E-state index contributed by atoms with van der Waals surface area (Å²) < 4.78 is 37.0. The summed E-state index contributed by atoms with van der Waals surface area (Å²) in [6, 6.07) is 3.73. The molecule has 1 heterocycles. The van der Waals surface area contributed by atoms with Crippen LogP contribution in [-0.4, -0.2) is 33.7 Å². The molecule has 0 spiro atoms. The Morgan fingerprint density at radius 2 is 2.15 bits per heavy atom. The summed E-state index contributed by atoms with van der Waals surface area (Å²) in [5, 5.41) is 3.23. The number of furan rings is 1. The first-order valence-corrected chi connectivity index (χ1v) is 8.39. The Hall–Kier alpha value is -0.890. The Morgan fingerprint density at radius 1 is 1.40 bits per heavy atom. The molecule has 7 heteroatoms. The molecule has 20 heavy (non-hydrogen) atoms. The van der Waals surface area contributed by atoms with Crippen LogP contribution in [0, 0.1) is 0 Å². The lowest BCUT2D eigenvalue weighted by Crippen LogP contribution is -2.28. The standard InChI is InChI=1S/C13H22N2O4S/c1-10(2)18-8-7-15-20(16,17)13-6-5-12(19-13)9-14-11-3-4-11/h5-6,10-11,14-15H,3-4,7-9H2,1-2H3. The van der Waals surface area contributed by atoms with E-state index in [1.165, 1.54) is 18.9 Å². The Bertz CT molecular complexity index is 520. The zero-order valence-electron chi connectivity index (χ0n) is 11.9. The van der Waals surface area contributed by atoms with Crippen LogP contribution in [0.2, 0.25) is 0 Å². The highest BCUT2D eigenvalue weighted by Gasteiger charge is 2.22. The average Bonchev–Trinajstić information content (AvgIpc) is 3.08. The number of sulfonamides is 1. The minimum Gasteiger partial charge on any atom is -0.447 e. The van der Waals surface area contributed by atoms with Crippen LogP contribution >= 0.6 is 0 Å². The van der Waals surface area contributed by atoms with Gasteiger partial charge in [-0.2, -0.15) is 0 Å². The second kappa shape index (κ2) is 6.71. The molecule has 0 bridgehead atoms. The van der Waals surface area contributed by atoms with E-state index < -0.39 is 10.0 Å². The molecule has 1 saturated carbocycles. The Kier molecular flexibility index (Phi) is 5.20. The molecule has 1 aromatic rings. The van der Waals surface area contributed by atoms with E-state index in [-0.39, 0.29) is 17.7 Å². The molecule has 0 amide bonds. The van der Waals surface area contributed by atoms with Gasteiger partial charge < -0.3 is 14.5 Å². The van der Waals surface area contributed by atoms with Gasteiger partial charge in [-0.1, -0.05) is 0 Å². The molecule has 2 rings (SSSR count). The third-order valence-electron chi connectivity index (χ3n) is 2.89. The van der Waals surface area contributed by atoms with Gasteiger partial charge in [-0.05, 0) is 38.8 Å². The van der Waals surface area contributed by atoms with Crippen LogP contribution in [0.4, 0.5) is 0 Å². The van der Waals surface area contributed by atoms with Gasteiger partial charge in [0.1, 0.15) is 5.76 Å². The van der Waals surface area contributed by atoms with E-state index in [4.69, 9.17) is 9.15 Å². The molecule has 1 aromatic heterocycles. The second-order valence-corrected chi connectivity index (χ2v) is 6.89. The molecular formula is C13H22N2O4S. The quantitative estimate of drug-likeness (QED) is 0.671. The van der Waals surface area contributed by atoms with Gasteiger partial charge >= 0.3 is 0 Å². The zero-order valence-corrected chi connectivity index (χ0v) is 12.7. The Labute approximate surface area is 119 Å². The molecule has 1 fully saturated rings. The SMILES string of the molecule is CC(C)OCCNS(=O)(=O)c1ccc(CNC2CC2)o1. The molecule has 0 aliphatic heterocycles. The van der Waals surface area contributed by atoms with Crippen LogP contribution in [0.3, 0.4) is 0 Å². The summed E-state index contributed by atoms with van der Waals surface area (Å²) in [7, 11) is -3.58. The van der Waals surface area contributed by atoms with E-state index in [1.807, 2.05) is 13.8 Å². The van der Waals surface area contributed by atoms with Crippen molar-refractivity contribution in [2.75, 3.05) is 13.2 Å². The lowest BCUT2D eigenvalue weighted by atomic mass is 10.4. The van der Waals surface area contributed by atoms with Crippen LogP contribution in [0.1, 0.15) is 32.4 Å². The van der Waals surface area contributed by atoms with Crippen molar-refractivity contribution in [1.82, 2.24) is 10.0 Å². The third-order valence-corrected chi connectivity index (χ3v) is 4.22. The monoisotopic (exact) mass is 302 g/mol. The maximum absolute atomic E-state index is 12.0. The second-order valence-electron chi connectivity index (χ2n) is 5.19. The lowest BCUT2D eigenvalue weighted by molar-refractivity contribution is 0.0833. The van der Waals surface area contributed by atoms with E-state index in [2.05, 4.69) is 10.0 Å².